The van der Waals surface area contributed by atoms with Gasteiger partial charge in [0.05, 0.1) is 12.0 Å². The molecule has 0 saturated heterocycles. The van der Waals surface area contributed by atoms with Crippen LogP contribution in [-0.4, -0.2) is 36.3 Å². The van der Waals surface area contributed by atoms with Crippen molar-refractivity contribution in [2.75, 3.05) is 13.6 Å². The third kappa shape index (κ3) is 2.28. The van der Waals surface area contributed by atoms with Crippen LogP contribution in [0.25, 0.3) is 0 Å². The van der Waals surface area contributed by atoms with Crippen molar-refractivity contribution in [3.8, 4) is 0 Å². The molecule has 2 atom stereocenters. The molecule has 0 aliphatic heterocycles. The first kappa shape index (κ1) is 12.0. The second-order valence-electron chi connectivity index (χ2n) is 4.54. The van der Waals surface area contributed by atoms with Gasteiger partial charge >= 0.3 is 0 Å². The molecule has 1 saturated carbocycles. The van der Waals surface area contributed by atoms with Crippen LogP contribution in [0.1, 0.15) is 26.2 Å². The number of carbonyl (C=O) groups is 2. The number of carbonyl (C=O) groups excluding carboxylic acids is 2. The highest BCUT2D eigenvalue weighted by Gasteiger charge is 2.44. The van der Waals surface area contributed by atoms with Gasteiger partial charge < -0.3 is 16.4 Å². The summed E-state index contributed by atoms with van der Waals surface area (Å²) in [6.07, 6.45) is 2.62. The topological polar surface area (TPSA) is 89.4 Å². The van der Waals surface area contributed by atoms with Crippen LogP contribution in [0.5, 0.6) is 0 Å². The first-order valence-electron chi connectivity index (χ1n) is 5.17. The lowest BCUT2D eigenvalue weighted by molar-refractivity contribution is -0.142. The van der Waals surface area contributed by atoms with E-state index in [-0.39, 0.29) is 18.5 Å². The number of likely N-dealkylation sites (N-methyl/N-ethyl adjacent to an activating group) is 1. The number of rotatable bonds is 3. The van der Waals surface area contributed by atoms with Crippen LogP contribution in [0.3, 0.4) is 0 Å². The average molecular weight is 213 g/mol. The van der Waals surface area contributed by atoms with E-state index in [1.54, 1.807) is 7.05 Å². The van der Waals surface area contributed by atoms with Crippen LogP contribution < -0.4 is 11.5 Å². The minimum atomic E-state index is -0.524. The second-order valence-corrected chi connectivity index (χ2v) is 4.54. The molecule has 1 aliphatic rings. The Morgan fingerprint density at radius 3 is 2.53 bits per heavy atom. The fraction of sp³-hybridized carbons (Fsp3) is 0.800. The Kier molecular flexibility index (Phi) is 3.34. The van der Waals surface area contributed by atoms with Gasteiger partial charge in [-0.2, -0.15) is 0 Å². The molecule has 4 N–H and O–H groups in total. The van der Waals surface area contributed by atoms with Crippen LogP contribution in [0.15, 0.2) is 0 Å². The summed E-state index contributed by atoms with van der Waals surface area (Å²) in [6.45, 7) is 1.83. The lowest BCUT2D eigenvalue weighted by Gasteiger charge is -2.31. The van der Waals surface area contributed by atoms with Gasteiger partial charge in [0.25, 0.3) is 0 Å². The summed E-state index contributed by atoms with van der Waals surface area (Å²) < 4.78 is 0. The highest BCUT2D eigenvalue weighted by atomic mass is 16.2. The first-order chi connectivity index (χ1) is 6.88. The van der Waals surface area contributed by atoms with Gasteiger partial charge in [-0.1, -0.05) is 6.42 Å². The van der Waals surface area contributed by atoms with Crippen LogP contribution in [0.2, 0.25) is 0 Å². The average Bonchev–Trinajstić information content (AvgIpc) is 2.46. The Morgan fingerprint density at radius 2 is 2.13 bits per heavy atom. The molecule has 86 valence electrons. The number of amides is 2. The van der Waals surface area contributed by atoms with E-state index in [0.29, 0.717) is 0 Å². The molecule has 1 aliphatic carbocycles. The third-order valence-electron chi connectivity index (χ3n) is 3.26. The predicted molar refractivity (Wildman–Crippen MR) is 56.8 cm³/mol. The van der Waals surface area contributed by atoms with Crippen LogP contribution in [0.4, 0.5) is 0 Å². The summed E-state index contributed by atoms with van der Waals surface area (Å²) in [6, 6.07) is -0.111. The maximum atomic E-state index is 12.1. The van der Waals surface area contributed by atoms with Crippen molar-refractivity contribution in [1.82, 2.24) is 4.90 Å². The van der Waals surface area contributed by atoms with Crippen LogP contribution in [-0.2, 0) is 9.59 Å². The van der Waals surface area contributed by atoms with E-state index in [9.17, 15) is 9.59 Å². The number of hydrogen-bond donors (Lipinski definition) is 2. The zero-order valence-electron chi connectivity index (χ0n) is 9.32. The highest BCUT2D eigenvalue weighted by molar-refractivity contribution is 5.87. The molecule has 5 nitrogen and oxygen atoms in total. The minimum absolute atomic E-state index is 0.0405. The van der Waals surface area contributed by atoms with Crippen LogP contribution in [0, 0.1) is 5.41 Å². The van der Waals surface area contributed by atoms with Crippen LogP contribution >= 0.6 is 0 Å². The predicted octanol–water partition coefficient (Wildman–Crippen LogP) is -0.552. The SMILES string of the molecule is CN(CC(N)=O)C(=O)C1(C)CCCC1N. The van der Waals surface area contributed by atoms with E-state index in [4.69, 9.17) is 11.5 Å². The van der Waals surface area contributed by atoms with E-state index >= 15 is 0 Å². The van der Waals surface area contributed by atoms with E-state index in [0.717, 1.165) is 19.3 Å². The van der Waals surface area contributed by atoms with Crippen molar-refractivity contribution in [2.45, 2.75) is 32.2 Å². The molecule has 0 heterocycles. The zero-order chi connectivity index (χ0) is 11.6. The molecule has 0 aromatic rings. The fourth-order valence-corrected chi connectivity index (χ4v) is 2.20. The van der Waals surface area contributed by atoms with Crippen molar-refractivity contribution in [1.29, 1.82) is 0 Å². The summed E-state index contributed by atoms with van der Waals surface area (Å²) in [5.74, 6) is -0.577. The minimum Gasteiger partial charge on any atom is -0.368 e. The monoisotopic (exact) mass is 213 g/mol. The smallest absolute Gasteiger partial charge is 0.237 e. The standard InChI is InChI=1S/C10H19N3O2/c1-10(5-3-4-7(10)11)9(15)13(2)6-8(12)14/h7H,3-6,11H2,1-2H3,(H2,12,14). The molecule has 2 amide bonds. The molecule has 0 radical (unpaired) electrons. The summed E-state index contributed by atoms with van der Waals surface area (Å²) in [5.41, 5.74) is 10.4. The maximum absolute atomic E-state index is 12.1. The van der Waals surface area contributed by atoms with Gasteiger partial charge in [0, 0.05) is 13.1 Å². The quantitative estimate of drug-likeness (QED) is 0.659. The summed E-state index contributed by atoms with van der Waals surface area (Å²) in [4.78, 5) is 24.1. The Balaban J connectivity index is 2.70. The Hall–Kier alpha value is -1.10. The van der Waals surface area contributed by atoms with E-state index in [2.05, 4.69) is 0 Å². The fourth-order valence-electron chi connectivity index (χ4n) is 2.20. The van der Waals surface area contributed by atoms with Gasteiger partial charge in [-0.3, -0.25) is 9.59 Å². The zero-order valence-corrected chi connectivity index (χ0v) is 9.32. The van der Waals surface area contributed by atoms with Gasteiger partial charge in [-0.05, 0) is 19.8 Å². The van der Waals surface area contributed by atoms with Crippen molar-refractivity contribution >= 4 is 11.8 Å². The van der Waals surface area contributed by atoms with Gasteiger partial charge in [-0.15, -0.1) is 0 Å². The maximum Gasteiger partial charge on any atom is 0.237 e. The Bertz CT molecular complexity index is 280. The summed E-state index contributed by atoms with van der Waals surface area (Å²) >= 11 is 0. The van der Waals surface area contributed by atoms with Gasteiger partial charge in [0.2, 0.25) is 11.8 Å². The van der Waals surface area contributed by atoms with Gasteiger partial charge in [0.1, 0.15) is 0 Å². The molecule has 15 heavy (non-hydrogen) atoms. The molecular weight excluding hydrogens is 194 g/mol. The van der Waals surface area contributed by atoms with Crippen molar-refractivity contribution in [3.05, 3.63) is 0 Å². The molecular formula is C10H19N3O2. The molecule has 1 rings (SSSR count). The largest absolute Gasteiger partial charge is 0.368 e. The summed E-state index contributed by atoms with van der Waals surface area (Å²) in [5, 5.41) is 0. The molecule has 1 fully saturated rings. The highest BCUT2D eigenvalue weighted by Crippen LogP contribution is 2.37. The van der Waals surface area contributed by atoms with Crippen molar-refractivity contribution in [2.24, 2.45) is 16.9 Å². The number of nitrogens with zero attached hydrogens (tertiary/aromatic N) is 1. The Morgan fingerprint density at radius 1 is 1.53 bits per heavy atom. The molecule has 0 aromatic heterocycles. The van der Waals surface area contributed by atoms with E-state index in [1.165, 1.54) is 4.90 Å². The van der Waals surface area contributed by atoms with Crippen molar-refractivity contribution in [3.63, 3.8) is 0 Å². The normalized spacial score (nSPS) is 30.2. The van der Waals surface area contributed by atoms with E-state index < -0.39 is 11.3 Å². The van der Waals surface area contributed by atoms with Gasteiger partial charge in [-0.25, -0.2) is 0 Å². The second kappa shape index (κ2) is 4.18. The molecule has 2 unspecified atom stereocenters. The number of primary amides is 1. The number of nitrogens with two attached hydrogens (primary N) is 2. The molecule has 5 heteroatoms. The first-order valence-corrected chi connectivity index (χ1v) is 5.17. The Labute approximate surface area is 89.8 Å². The van der Waals surface area contributed by atoms with E-state index in [1.807, 2.05) is 6.92 Å². The van der Waals surface area contributed by atoms with Gasteiger partial charge in [0.15, 0.2) is 0 Å². The number of hydrogen-bond acceptors (Lipinski definition) is 3. The molecule has 0 bridgehead atoms. The summed E-state index contributed by atoms with van der Waals surface area (Å²) in [7, 11) is 1.59. The molecule has 0 spiro atoms. The molecule has 0 aromatic carbocycles. The lowest BCUT2D eigenvalue weighted by Crippen LogP contribution is -2.49. The lowest BCUT2D eigenvalue weighted by atomic mass is 9.83. The third-order valence-corrected chi connectivity index (χ3v) is 3.26. The van der Waals surface area contributed by atoms with Crippen molar-refractivity contribution < 1.29 is 9.59 Å².